The normalized spacial score (nSPS) is 13.4. The van der Waals surface area contributed by atoms with E-state index in [0.717, 1.165) is 2.88 Å². The number of carbonyl (C=O) groups is 1. The van der Waals surface area contributed by atoms with Gasteiger partial charge in [0.1, 0.15) is 4.88 Å². The predicted octanol–water partition coefficient (Wildman–Crippen LogP) is 5.41. The number of nitrogens with one attached hydrogen (secondary N) is 1. The van der Waals surface area contributed by atoms with Gasteiger partial charge in [-0.15, -0.1) is 11.3 Å². The Morgan fingerprint density at radius 2 is 2.08 bits per heavy atom. The van der Waals surface area contributed by atoms with Gasteiger partial charge in [-0.25, -0.2) is 4.79 Å². The summed E-state index contributed by atoms with van der Waals surface area (Å²) in [5.41, 5.74) is 0.374. The zero-order chi connectivity index (χ0) is 17.9. The highest BCUT2D eigenvalue weighted by Crippen LogP contribution is 2.49. The second-order valence-corrected chi connectivity index (χ2v) is 10.3. The minimum Gasteiger partial charge on any atom is -0.465 e. The van der Waals surface area contributed by atoms with Crippen LogP contribution in [0.1, 0.15) is 16.6 Å². The van der Waals surface area contributed by atoms with Crippen LogP contribution in [0.3, 0.4) is 0 Å². The Morgan fingerprint density at radius 1 is 1.38 bits per heavy atom. The molecule has 1 atom stereocenters. The summed E-state index contributed by atoms with van der Waals surface area (Å²) in [4.78, 5) is 12.2. The molecule has 1 aromatic carbocycles. The Kier molecular flexibility index (Phi) is 6.99. The van der Waals surface area contributed by atoms with Gasteiger partial charge in [0.15, 0.2) is 0 Å². The van der Waals surface area contributed by atoms with Crippen LogP contribution in [0, 0.1) is 2.88 Å². The third kappa shape index (κ3) is 4.45. The van der Waals surface area contributed by atoms with Crippen molar-refractivity contribution in [2.45, 2.75) is 6.92 Å². The number of thiophene rings is 1. The molecule has 0 amide bonds. The number of benzene rings is 1. The maximum Gasteiger partial charge on any atom is 0.350 e. The van der Waals surface area contributed by atoms with Crippen LogP contribution in [0.25, 0.3) is 0 Å². The number of methoxy groups -OCH3 is 1. The number of hydrogen-bond acceptors (Lipinski definition) is 5. The van der Waals surface area contributed by atoms with Gasteiger partial charge in [-0.05, 0) is 53.8 Å². The van der Waals surface area contributed by atoms with E-state index in [1.807, 2.05) is 0 Å². The third-order valence-electron chi connectivity index (χ3n) is 2.88. The van der Waals surface area contributed by atoms with Crippen molar-refractivity contribution in [1.29, 1.82) is 0 Å². The number of hydrogen-bond donors (Lipinski definition) is 1. The lowest BCUT2D eigenvalue weighted by Gasteiger charge is -2.21. The van der Waals surface area contributed by atoms with E-state index in [1.165, 1.54) is 24.5 Å². The first-order chi connectivity index (χ1) is 11.3. The highest BCUT2D eigenvalue weighted by molar-refractivity contribution is 14.1. The molecule has 0 aliphatic carbocycles. The van der Waals surface area contributed by atoms with Crippen LogP contribution in [0.5, 0.6) is 0 Å². The van der Waals surface area contributed by atoms with Gasteiger partial charge in [0, 0.05) is 5.02 Å². The standard InChI is InChI=1S/C14H13Cl2INO4PS/c1-3-22-23(20,11-5-4-8(15)6-9(11)16)18-10-7-12(17)24-13(10)14(19)21-2/h4-7H,3H2,1-2H3,(H,18,20). The van der Waals surface area contributed by atoms with Crippen molar-refractivity contribution in [2.24, 2.45) is 0 Å². The van der Waals surface area contributed by atoms with Crippen LogP contribution in [0.2, 0.25) is 10.0 Å². The third-order valence-corrected chi connectivity index (χ3v) is 7.61. The molecule has 24 heavy (non-hydrogen) atoms. The number of esters is 1. The highest BCUT2D eigenvalue weighted by Gasteiger charge is 2.31. The molecule has 2 rings (SSSR count). The maximum atomic E-state index is 13.4. The number of carbonyl (C=O) groups excluding carboxylic acids is 1. The Labute approximate surface area is 167 Å². The summed E-state index contributed by atoms with van der Waals surface area (Å²) in [5.74, 6) is -0.518. The average molecular weight is 520 g/mol. The lowest BCUT2D eigenvalue weighted by molar-refractivity contribution is 0.0607. The zero-order valence-electron chi connectivity index (χ0n) is 12.6. The fourth-order valence-corrected chi connectivity index (χ4v) is 6.26. The number of ether oxygens (including phenoxy) is 1. The van der Waals surface area contributed by atoms with E-state index < -0.39 is 13.5 Å². The van der Waals surface area contributed by atoms with Crippen molar-refractivity contribution in [3.8, 4) is 0 Å². The maximum absolute atomic E-state index is 13.4. The monoisotopic (exact) mass is 519 g/mol. The highest BCUT2D eigenvalue weighted by atomic mass is 127. The smallest absolute Gasteiger partial charge is 0.350 e. The summed E-state index contributed by atoms with van der Waals surface area (Å²) in [7, 11) is -2.27. The second-order valence-electron chi connectivity index (χ2n) is 4.46. The molecule has 0 aliphatic heterocycles. The average Bonchev–Trinajstić information content (AvgIpc) is 2.86. The number of anilines is 1. The summed E-state index contributed by atoms with van der Waals surface area (Å²) < 4.78 is 24.5. The Hall–Kier alpha value is -0.310. The fraction of sp³-hybridized carbons (Fsp3) is 0.214. The van der Waals surface area contributed by atoms with E-state index in [4.69, 9.17) is 32.5 Å². The topological polar surface area (TPSA) is 64.6 Å². The molecular weight excluding hydrogens is 507 g/mol. The molecule has 1 aromatic heterocycles. The van der Waals surface area contributed by atoms with Crippen LogP contribution in [0.4, 0.5) is 5.69 Å². The van der Waals surface area contributed by atoms with Gasteiger partial charge in [-0.3, -0.25) is 4.57 Å². The first-order valence-corrected chi connectivity index (χ1v) is 10.9. The van der Waals surface area contributed by atoms with E-state index in [-0.39, 0.29) is 16.9 Å². The van der Waals surface area contributed by atoms with Crippen molar-refractivity contribution in [3.63, 3.8) is 0 Å². The van der Waals surface area contributed by atoms with E-state index in [2.05, 4.69) is 27.7 Å². The molecule has 130 valence electrons. The molecule has 0 radical (unpaired) electrons. The minimum atomic E-state index is -3.56. The summed E-state index contributed by atoms with van der Waals surface area (Å²) in [6, 6.07) is 6.31. The molecule has 1 heterocycles. The Balaban J connectivity index is 2.49. The van der Waals surface area contributed by atoms with E-state index >= 15 is 0 Å². The van der Waals surface area contributed by atoms with Crippen molar-refractivity contribution in [3.05, 3.63) is 42.1 Å². The molecule has 10 heteroatoms. The Morgan fingerprint density at radius 3 is 2.67 bits per heavy atom. The minimum absolute atomic E-state index is 0.192. The summed E-state index contributed by atoms with van der Waals surface area (Å²) in [6.07, 6.45) is 0. The van der Waals surface area contributed by atoms with Gasteiger partial charge in [0.25, 0.3) is 0 Å². The molecule has 0 saturated carbocycles. The SMILES string of the molecule is CCOP(=O)(Nc1cc(I)sc1C(=O)OC)c1ccc(Cl)cc1Cl. The van der Waals surface area contributed by atoms with Gasteiger partial charge in [0.2, 0.25) is 0 Å². The first-order valence-electron chi connectivity index (χ1n) is 6.67. The van der Waals surface area contributed by atoms with Crippen molar-refractivity contribution < 1.29 is 18.6 Å². The molecule has 0 saturated heterocycles. The fourth-order valence-electron chi connectivity index (χ4n) is 1.91. The quantitative estimate of drug-likeness (QED) is 0.314. The van der Waals surface area contributed by atoms with Crippen molar-refractivity contribution in [2.75, 3.05) is 18.8 Å². The van der Waals surface area contributed by atoms with Crippen LogP contribution in [-0.4, -0.2) is 19.7 Å². The lowest BCUT2D eigenvalue weighted by Crippen LogP contribution is -2.16. The second kappa shape index (κ2) is 8.38. The number of halogens is 3. The van der Waals surface area contributed by atoms with Gasteiger partial charge in [0.05, 0.1) is 32.6 Å². The van der Waals surface area contributed by atoms with Gasteiger partial charge in [-0.2, -0.15) is 0 Å². The van der Waals surface area contributed by atoms with Gasteiger partial charge < -0.3 is 14.3 Å². The van der Waals surface area contributed by atoms with Crippen LogP contribution < -0.4 is 10.4 Å². The molecule has 2 aromatic rings. The van der Waals surface area contributed by atoms with Crippen LogP contribution >= 0.6 is 64.6 Å². The molecule has 0 aliphatic rings. The largest absolute Gasteiger partial charge is 0.465 e. The molecular formula is C14H13Cl2INO4PS. The molecule has 1 unspecified atom stereocenters. The Bertz CT molecular complexity index is 814. The van der Waals surface area contributed by atoms with Gasteiger partial charge in [-0.1, -0.05) is 23.2 Å². The first kappa shape index (κ1) is 20.0. The molecule has 0 fully saturated rings. The van der Waals surface area contributed by atoms with Crippen molar-refractivity contribution in [1.82, 2.24) is 0 Å². The molecule has 1 N–H and O–H groups in total. The molecule has 0 bridgehead atoms. The molecule has 0 spiro atoms. The van der Waals surface area contributed by atoms with E-state index in [1.54, 1.807) is 25.1 Å². The van der Waals surface area contributed by atoms with E-state index in [9.17, 15) is 9.36 Å². The molecule has 5 nitrogen and oxygen atoms in total. The number of rotatable bonds is 6. The van der Waals surface area contributed by atoms with Crippen molar-refractivity contribution >= 4 is 81.6 Å². The predicted molar refractivity (Wildman–Crippen MR) is 107 cm³/mol. The summed E-state index contributed by atoms with van der Waals surface area (Å²) in [5, 5.41) is 3.77. The summed E-state index contributed by atoms with van der Waals surface area (Å²) >= 11 is 15.4. The van der Waals surface area contributed by atoms with Crippen LogP contribution in [-0.2, 0) is 13.8 Å². The summed E-state index contributed by atoms with van der Waals surface area (Å²) in [6.45, 7) is 1.91. The van der Waals surface area contributed by atoms with Gasteiger partial charge >= 0.3 is 13.5 Å². The van der Waals surface area contributed by atoms with Crippen LogP contribution in [0.15, 0.2) is 24.3 Å². The zero-order valence-corrected chi connectivity index (χ0v) is 18.0. The lowest BCUT2D eigenvalue weighted by atomic mass is 10.4. The van der Waals surface area contributed by atoms with E-state index in [0.29, 0.717) is 15.6 Å².